The molecule has 0 saturated carbocycles. The molecule has 0 fully saturated rings. The van der Waals surface area contributed by atoms with Crippen LogP contribution in [-0.4, -0.2) is 24.9 Å². The van der Waals surface area contributed by atoms with E-state index in [0.717, 1.165) is 11.1 Å². The van der Waals surface area contributed by atoms with Crippen LogP contribution in [0.3, 0.4) is 0 Å². The van der Waals surface area contributed by atoms with E-state index in [4.69, 9.17) is 21.1 Å². The van der Waals surface area contributed by atoms with Gasteiger partial charge in [0.25, 0.3) is 0 Å². The minimum absolute atomic E-state index is 0.442. The predicted octanol–water partition coefficient (Wildman–Crippen LogP) is 3.96. The van der Waals surface area contributed by atoms with Crippen molar-refractivity contribution in [3.8, 4) is 11.5 Å². The molecule has 5 heteroatoms. The molecule has 2 rings (SSSR count). The first-order valence-corrected chi connectivity index (χ1v) is 8.55. The van der Waals surface area contributed by atoms with Gasteiger partial charge >= 0.3 is 0 Å². The largest absolute Gasteiger partial charge is 0.490 e. The van der Waals surface area contributed by atoms with Crippen molar-refractivity contribution in [3.63, 3.8) is 0 Å². The Bertz CT molecular complexity index is 634. The summed E-state index contributed by atoms with van der Waals surface area (Å²) in [6.07, 6.45) is -0.556. The van der Waals surface area contributed by atoms with Gasteiger partial charge in [-0.25, -0.2) is 0 Å². The minimum atomic E-state index is -0.556. The summed E-state index contributed by atoms with van der Waals surface area (Å²) in [7, 11) is 0. The summed E-state index contributed by atoms with van der Waals surface area (Å²) < 4.78 is 11.2. The van der Waals surface area contributed by atoms with Crippen molar-refractivity contribution in [2.24, 2.45) is 0 Å². The van der Waals surface area contributed by atoms with Crippen molar-refractivity contribution < 1.29 is 14.6 Å². The van der Waals surface area contributed by atoms with Gasteiger partial charge in [-0.15, -0.1) is 0 Å². The van der Waals surface area contributed by atoms with E-state index in [1.807, 2.05) is 50.2 Å². The van der Waals surface area contributed by atoms with E-state index >= 15 is 0 Å². The third kappa shape index (κ3) is 5.13. The standard InChI is InChI=1S/C19H24ClNO3/c1-3-23-18-10-15(16(20)11-19(18)24-4-2)12-21-13-17(22)14-8-6-5-7-9-14/h5-11,17,21-22H,3-4,12-13H2,1-2H3. The van der Waals surface area contributed by atoms with Crippen LogP contribution in [-0.2, 0) is 6.54 Å². The van der Waals surface area contributed by atoms with Crippen LogP contribution in [0, 0.1) is 0 Å². The maximum Gasteiger partial charge on any atom is 0.162 e. The Balaban J connectivity index is 2.00. The third-order valence-electron chi connectivity index (χ3n) is 3.55. The topological polar surface area (TPSA) is 50.7 Å². The van der Waals surface area contributed by atoms with E-state index in [1.54, 1.807) is 6.07 Å². The second-order valence-corrected chi connectivity index (χ2v) is 5.72. The SMILES string of the molecule is CCOc1cc(Cl)c(CNCC(O)c2ccccc2)cc1OCC. The lowest BCUT2D eigenvalue weighted by molar-refractivity contribution is 0.174. The van der Waals surface area contributed by atoms with Gasteiger partial charge in [0, 0.05) is 24.2 Å². The van der Waals surface area contributed by atoms with Crippen LogP contribution in [0.2, 0.25) is 5.02 Å². The summed E-state index contributed by atoms with van der Waals surface area (Å²) in [6.45, 7) is 5.94. The molecule has 1 atom stereocenters. The molecule has 24 heavy (non-hydrogen) atoms. The molecular formula is C19H24ClNO3. The van der Waals surface area contributed by atoms with Crippen LogP contribution in [0.15, 0.2) is 42.5 Å². The first kappa shape index (κ1) is 18.6. The number of ether oxygens (including phenoxy) is 2. The van der Waals surface area contributed by atoms with Crippen LogP contribution in [0.5, 0.6) is 11.5 Å². The van der Waals surface area contributed by atoms with Crippen molar-refractivity contribution >= 4 is 11.6 Å². The van der Waals surface area contributed by atoms with Gasteiger partial charge in [-0.2, -0.15) is 0 Å². The fourth-order valence-electron chi connectivity index (χ4n) is 2.39. The van der Waals surface area contributed by atoms with Crippen molar-refractivity contribution in [2.75, 3.05) is 19.8 Å². The average molecular weight is 350 g/mol. The molecule has 0 heterocycles. The number of benzene rings is 2. The summed E-state index contributed by atoms with van der Waals surface area (Å²) in [4.78, 5) is 0. The zero-order valence-corrected chi connectivity index (χ0v) is 14.8. The normalized spacial score (nSPS) is 12.0. The minimum Gasteiger partial charge on any atom is -0.490 e. The first-order valence-electron chi connectivity index (χ1n) is 8.17. The molecule has 2 N–H and O–H groups in total. The molecule has 0 aliphatic rings. The Morgan fingerprint density at radius 1 is 1.04 bits per heavy atom. The second kappa shape index (κ2) is 9.52. The zero-order valence-electron chi connectivity index (χ0n) is 14.1. The van der Waals surface area contributed by atoms with E-state index in [0.29, 0.717) is 42.8 Å². The molecule has 0 spiro atoms. The molecule has 0 aliphatic carbocycles. The number of hydrogen-bond acceptors (Lipinski definition) is 4. The van der Waals surface area contributed by atoms with Crippen LogP contribution in [0.25, 0.3) is 0 Å². The van der Waals surface area contributed by atoms with E-state index in [2.05, 4.69) is 5.32 Å². The van der Waals surface area contributed by atoms with E-state index < -0.39 is 6.10 Å². The molecule has 4 nitrogen and oxygen atoms in total. The molecule has 130 valence electrons. The molecule has 0 bridgehead atoms. The third-order valence-corrected chi connectivity index (χ3v) is 3.90. The van der Waals surface area contributed by atoms with Gasteiger partial charge in [0.05, 0.1) is 19.3 Å². The van der Waals surface area contributed by atoms with Crippen molar-refractivity contribution in [1.82, 2.24) is 5.32 Å². The highest BCUT2D eigenvalue weighted by Crippen LogP contribution is 2.33. The first-order chi connectivity index (χ1) is 11.7. The summed E-state index contributed by atoms with van der Waals surface area (Å²) in [5.74, 6) is 1.33. The molecule has 0 amide bonds. The van der Waals surface area contributed by atoms with Crippen LogP contribution in [0.1, 0.15) is 31.1 Å². The Morgan fingerprint density at radius 3 is 2.29 bits per heavy atom. The maximum absolute atomic E-state index is 10.2. The highest BCUT2D eigenvalue weighted by molar-refractivity contribution is 6.31. The van der Waals surface area contributed by atoms with Gasteiger partial charge in [0.2, 0.25) is 0 Å². The molecule has 0 radical (unpaired) electrons. The summed E-state index contributed by atoms with van der Waals surface area (Å²) in [6, 6.07) is 13.2. The summed E-state index contributed by atoms with van der Waals surface area (Å²) in [5, 5.41) is 14.0. The lowest BCUT2D eigenvalue weighted by Crippen LogP contribution is -2.21. The van der Waals surface area contributed by atoms with Crippen LogP contribution < -0.4 is 14.8 Å². The Kier molecular flexibility index (Phi) is 7.37. The Labute approximate surface area is 148 Å². The van der Waals surface area contributed by atoms with Gasteiger partial charge in [-0.1, -0.05) is 41.9 Å². The highest BCUT2D eigenvalue weighted by Gasteiger charge is 2.12. The number of halogens is 1. The van der Waals surface area contributed by atoms with Crippen LogP contribution >= 0.6 is 11.6 Å². The van der Waals surface area contributed by atoms with E-state index in [9.17, 15) is 5.11 Å². The van der Waals surface area contributed by atoms with Gasteiger partial charge in [0.1, 0.15) is 0 Å². The Hall–Kier alpha value is -1.75. The fraction of sp³-hybridized carbons (Fsp3) is 0.368. The molecule has 2 aromatic rings. The quantitative estimate of drug-likeness (QED) is 0.719. The maximum atomic E-state index is 10.2. The molecule has 0 aromatic heterocycles. The van der Waals surface area contributed by atoms with Crippen molar-refractivity contribution in [3.05, 3.63) is 58.6 Å². The van der Waals surface area contributed by atoms with E-state index in [-0.39, 0.29) is 0 Å². The van der Waals surface area contributed by atoms with Crippen molar-refractivity contribution in [1.29, 1.82) is 0 Å². The zero-order chi connectivity index (χ0) is 17.4. The van der Waals surface area contributed by atoms with Gasteiger partial charge in [0.15, 0.2) is 11.5 Å². The summed E-state index contributed by atoms with van der Waals surface area (Å²) in [5.41, 5.74) is 1.79. The van der Waals surface area contributed by atoms with E-state index in [1.165, 1.54) is 0 Å². The molecule has 0 saturated heterocycles. The average Bonchev–Trinajstić information content (AvgIpc) is 2.59. The lowest BCUT2D eigenvalue weighted by atomic mass is 10.1. The Morgan fingerprint density at radius 2 is 1.67 bits per heavy atom. The second-order valence-electron chi connectivity index (χ2n) is 5.31. The number of aliphatic hydroxyl groups is 1. The number of rotatable bonds is 9. The number of aliphatic hydroxyl groups excluding tert-OH is 1. The van der Waals surface area contributed by atoms with Crippen molar-refractivity contribution in [2.45, 2.75) is 26.5 Å². The van der Waals surface area contributed by atoms with Crippen LogP contribution in [0.4, 0.5) is 0 Å². The number of nitrogens with one attached hydrogen (secondary N) is 1. The smallest absolute Gasteiger partial charge is 0.162 e. The highest BCUT2D eigenvalue weighted by atomic mass is 35.5. The fourth-order valence-corrected chi connectivity index (χ4v) is 2.61. The lowest BCUT2D eigenvalue weighted by Gasteiger charge is -2.16. The number of hydrogen-bond donors (Lipinski definition) is 2. The van der Waals surface area contributed by atoms with Gasteiger partial charge in [-0.3, -0.25) is 0 Å². The monoisotopic (exact) mass is 349 g/mol. The molecule has 2 aromatic carbocycles. The van der Waals surface area contributed by atoms with Gasteiger partial charge in [-0.05, 0) is 31.0 Å². The molecular weight excluding hydrogens is 326 g/mol. The van der Waals surface area contributed by atoms with Gasteiger partial charge < -0.3 is 19.9 Å². The predicted molar refractivity (Wildman–Crippen MR) is 96.9 cm³/mol. The summed E-state index contributed by atoms with van der Waals surface area (Å²) >= 11 is 6.33. The molecule has 1 unspecified atom stereocenters. The molecule has 0 aliphatic heterocycles.